The predicted molar refractivity (Wildman–Crippen MR) is 112 cm³/mol. The van der Waals surface area contributed by atoms with Crippen molar-refractivity contribution in [3.05, 3.63) is 59.0 Å². The van der Waals surface area contributed by atoms with E-state index >= 15 is 0 Å². The van der Waals surface area contributed by atoms with Crippen molar-refractivity contribution in [2.24, 2.45) is 0 Å². The van der Waals surface area contributed by atoms with Crippen LogP contribution in [-0.4, -0.2) is 36.2 Å². The largest absolute Gasteiger partial charge is 0.468 e. The van der Waals surface area contributed by atoms with Gasteiger partial charge in [-0.15, -0.1) is 0 Å². The van der Waals surface area contributed by atoms with E-state index in [1.54, 1.807) is 6.26 Å². The highest BCUT2D eigenvalue weighted by atomic mass is 16.3. The minimum Gasteiger partial charge on any atom is -0.468 e. The van der Waals surface area contributed by atoms with Crippen LogP contribution in [0.15, 0.2) is 41.0 Å². The molecule has 0 spiro atoms. The Balaban J connectivity index is 1.28. The van der Waals surface area contributed by atoms with Crippen molar-refractivity contribution in [1.29, 1.82) is 0 Å². The predicted octanol–water partition coefficient (Wildman–Crippen LogP) is 4.07. The lowest BCUT2D eigenvalue weighted by Crippen LogP contribution is -2.40. The minimum atomic E-state index is -0.0759. The lowest BCUT2D eigenvalue weighted by molar-refractivity contribution is -0.121. The van der Waals surface area contributed by atoms with Gasteiger partial charge in [0.2, 0.25) is 5.91 Å². The second-order valence-electron chi connectivity index (χ2n) is 8.19. The van der Waals surface area contributed by atoms with Gasteiger partial charge < -0.3 is 9.73 Å². The molecule has 1 atom stereocenters. The molecule has 1 aliphatic carbocycles. The van der Waals surface area contributed by atoms with E-state index in [9.17, 15) is 9.59 Å². The Bertz CT molecular complexity index is 838. The van der Waals surface area contributed by atoms with Gasteiger partial charge in [-0.1, -0.05) is 18.6 Å². The Morgan fingerprint density at radius 1 is 1.00 bits per heavy atom. The summed E-state index contributed by atoms with van der Waals surface area (Å²) in [4.78, 5) is 27.3. The van der Waals surface area contributed by atoms with Gasteiger partial charge >= 0.3 is 0 Å². The van der Waals surface area contributed by atoms with Gasteiger partial charge in [0, 0.05) is 24.9 Å². The lowest BCUT2D eigenvalue weighted by Gasteiger charge is -2.33. The van der Waals surface area contributed by atoms with E-state index in [4.69, 9.17) is 4.42 Å². The minimum absolute atomic E-state index is 0.0495. The van der Waals surface area contributed by atoms with Crippen LogP contribution in [0.1, 0.15) is 71.8 Å². The zero-order chi connectivity index (χ0) is 20.1. The van der Waals surface area contributed by atoms with Crippen molar-refractivity contribution in [2.75, 3.05) is 19.6 Å². The number of aryl methyl sites for hydroxylation is 2. The second-order valence-corrected chi connectivity index (χ2v) is 8.19. The normalized spacial score (nSPS) is 17.7. The van der Waals surface area contributed by atoms with Crippen LogP contribution in [-0.2, 0) is 17.6 Å². The monoisotopic (exact) mass is 394 g/mol. The number of carbonyl (C=O) groups excluding carboxylic acids is 2. The molecule has 0 saturated carbocycles. The number of likely N-dealkylation sites (tertiary alicyclic amines) is 1. The molecule has 29 heavy (non-hydrogen) atoms. The molecule has 1 unspecified atom stereocenters. The van der Waals surface area contributed by atoms with E-state index in [-0.39, 0.29) is 30.6 Å². The number of carbonyl (C=O) groups is 2. The van der Waals surface area contributed by atoms with Crippen molar-refractivity contribution < 1.29 is 14.0 Å². The molecule has 1 saturated heterocycles. The number of fused-ring (bicyclic) bond motifs is 1. The van der Waals surface area contributed by atoms with Crippen molar-refractivity contribution in [3.63, 3.8) is 0 Å². The molecule has 0 bridgehead atoms. The molecule has 0 radical (unpaired) electrons. The van der Waals surface area contributed by atoms with Gasteiger partial charge in [-0.2, -0.15) is 0 Å². The third-order valence-electron chi connectivity index (χ3n) is 6.20. The van der Waals surface area contributed by atoms with E-state index in [1.807, 2.05) is 24.3 Å². The highest BCUT2D eigenvalue weighted by Crippen LogP contribution is 2.25. The quantitative estimate of drug-likeness (QED) is 0.686. The number of Topliss-reactive ketones (excluding diaryl/α,β-unsaturated/α-hetero) is 1. The SMILES string of the molecule is O=C(CCC(=O)c1ccc2c(c1)CCC2)NCC(c1ccco1)N1CCCCC1. The number of hydrogen-bond acceptors (Lipinski definition) is 4. The first-order valence-corrected chi connectivity index (χ1v) is 10.9. The van der Waals surface area contributed by atoms with Gasteiger partial charge in [0.15, 0.2) is 5.78 Å². The van der Waals surface area contributed by atoms with Crippen molar-refractivity contribution >= 4 is 11.7 Å². The van der Waals surface area contributed by atoms with E-state index < -0.39 is 0 Å². The van der Waals surface area contributed by atoms with Crippen LogP contribution in [0.2, 0.25) is 0 Å². The van der Waals surface area contributed by atoms with E-state index in [2.05, 4.69) is 16.3 Å². The summed E-state index contributed by atoms with van der Waals surface area (Å²) in [5.74, 6) is 0.864. The molecule has 1 aromatic heterocycles. The number of furan rings is 1. The molecule has 1 amide bonds. The number of nitrogens with one attached hydrogen (secondary N) is 1. The molecule has 2 aliphatic rings. The summed E-state index contributed by atoms with van der Waals surface area (Å²) in [5, 5.41) is 3.02. The van der Waals surface area contributed by atoms with Gasteiger partial charge in [0.25, 0.3) is 0 Å². The average Bonchev–Trinajstić information content (AvgIpc) is 3.44. The van der Waals surface area contributed by atoms with E-state index in [1.165, 1.54) is 36.8 Å². The number of piperidine rings is 1. The van der Waals surface area contributed by atoms with Crippen LogP contribution in [0.3, 0.4) is 0 Å². The fourth-order valence-corrected chi connectivity index (χ4v) is 4.54. The van der Waals surface area contributed by atoms with Crippen molar-refractivity contribution in [1.82, 2.24) is 10.2 Å². The van der Waals surface area contributed by atoms with Crippen LogP contribution in [0.5, 0.6) is 0 Å². The van der Waals surface area contributed by atoms with Crippen molar-refractivity contribution in [3.8, 4) is 0 Å². The topological polar surface area (TPSA) is 62.6 Å². The van der Waals surface area contributed by atoms with E-state index in [0.29, 0.717) is 6.54 Å². The van der Waals surface area contributed by atoms with Gasteiger partial charge in [-0.3, -0.25) is 14.5 Å². The highest BCUT2D eigenvalue weighted by Gasteiger charge is 2.25. The Morgan fingerprint density at radius 2 is 1.83 bits per heavy atom. The molecule has 2 heterocycles. The molecule has 5 nitrogen and oxygen atoms in total. The van der Waals surface area contributed by atoms with E-state index in [0.717, 1.165) is 37.3 Å². The van der Waals surface area contributed by atoms with Crippen LogP contribution >= 0.6 is 0 Å². The summed E-state index contributed by atoms with van der Waals surface area (Å²) in [6, 6.07) is 9.93. The number of hydrogen-bond donors (Lipinski definition) is 1. The van der Waals surface area contributed by atoms with Crippen LogP contribution < -0.4 is 5.32 Å². The number of ketones is 1. The van der Waals surface area contributed by atoms with Crippen LogP contribution in [0.25, 0.3) is 0 Å². The first-order valence-electron chi connectivity index (χ1n) is 10.9. The Kier molecular flexibility index (Phi) is 6.45. The number of nitrogens with zero attached hydrogens (tertiary/aromatic N) is 1. The summed E-state index contributed by atoms with van der Waals surface area (Å²) in [7, 11) is 0. The molecule has 5 heteroatoms. The Labute approximate surface area is 172 Å². The zero-order valence-electron chi connectivity index (χ0n) is 17.0. The summed E-state index contributed by atoms with van der Waals surface area (Å²) in [6.45, 7) is 2.56. The summed E-state index contributed by atoms with van der Waals surface area (Å²) >= 11 is 0. The summed E-state index contributed by atoms with van der Waals surface area (Å²) in [6.07, 6.45) is 9.12. The first-order chi connectivity index (χ1) is 14.2. The van der Waals surface area contributed by atoms with Gasteiger partial charge in [0.1, 0.15) is 5.76 Å². The molecule has 2 aromatic rings. The molecular weight excluding hydrogens is 364 g/mol. The standard InChI is InChI=1S/C24H30N2O3/c27-22(20-10-9-18-6-4-7-19(18)16-20)11-12-24(28)25-17-21(23-8-5-15-29-23)26-13-2-1-3-14-26/h5,8-10,15-16,21H,1-4,6-7,11-14,17H2,(H,25,28). The zero-order valence-corrected chi connectivity index (χ0v) is 17.0. The third-order valence-corrected chi connectivity index (χ3v) is 6.20. The Hall–Kier alpha value is -2.40. The summed E-state index contributed by atoms with van der Waals surface area (Å²) < 4.78 is 5.63. The van der Waals surface area contributed by atoms with Gasteiger partial charge in [-0.05, 0) is 74.5 Å². The molecule has 1 aromatic carbocycles. The van der Waals surface area contributed by atoms with Crippen molar-refractivity contribution in [2.45, 2.75) is 57.4 Å². The molecule has 1 N–H and O–H groups in total. The molecule has 1 aliphatic heterocycles. The molecule has 4 rings (SSSR count). The third kappa shape index (κ3) is 4.96. The summed E-state index contributed by atoms with van der Waals surface area (Å²) in [5.41, 5.74) is 3.39. The maximum atomic E-state index is 12.5. The fraction of sp³-hybridized carbons (Fsp3) is 0.500. The number of amides is 1. The maximum Gasteiger partial charge on any atom is 0.220 e. The second kappa shape index (κ2) is 9.40. The van der Waals surface area contributed by atoms with Crippen LogP contribution in [0, 0.1) is 0 Å². The van der Waals surface area contributed by atoms with Crippen LogP contribution in [0.4, 0.5) is 0 Å². The lowest BCUT2D eigenvalue weighted by atomic mass is 10.0. The molecule has 154 valence electrons. The number of rotatable bonds is 8. The Morgan fingerprint density at radius 3 is 2.62 bits per heavy atom. The highest BCUT2D eigenvalue weighted by molar-refractivity contribution is 5.98. The fourth-order valence-electron chi connectivity index (χ4n) is 4.54. The maximum absolute atomic E-state index is 12.5. The smallest absolute Gasteiger partial charge is 0.220 e. The van der Waals surface area contributed by atoms with Gasteiger partial charge in [0.05, 0.1) is 12.3 Å². The van der Waals surface area contributed by atoms with Gasteiger partial charge in [-0.25, -0.2) is 0 Å². The average molecular weight is 395 g/mol. The molecular formula is C24H30N2O3. The first kappa shape index (κ1) is 19.9. The molecule has 1 fully saturated rings. The number of benzene rings is 1.